The summed E-state index contributed by atoms with van der Waals surface area (Å²) in [5.74, 6) is 0.463. The number of rotatable bonds is 4. The Morgan fingerprint density at radius 2 is 2.00 bits per heavy atom. The SMILES string of the molecule is CCCC1NC(=O)CN(C2CC2c2ccccc2)C1=O. The second kappa shape index (κ2) is 5.27. The lowest BCUT2D eigenvalue weighted by atomic mass is 10.1. The zero-order chi connectivity index (χ0) is 14.1. The molecule has 1 saturated heterocycles. The second-order valence-corrected chi connectivity index (χ2v) is 5.70. The number of carbonyl (C=O) groups excluding carboxylic acids is 2. The fourth-order valence-corrected chi connectivity index (χ4v) is 3.08. The minimum Gasteiger partial charge on any atom is -0.343 e. The van der Waals surface area contributed by atoms with Gasteiger partial charge >= 0.3 is 0 Å². The first kappa shape index (κ1) is 13.2. The molecule has 0 bridgehead atoms. The third-order valence-corrected chi connectivity index (χ3v) is 4.19. The first-order chi connectivity index (χ1) is 9.70. The van der Waals surface area contributed by atoms with E-state index >= 15 is 0 Å². The highest BCUT2D eigenvalue weighted by atomic mass is 16.2. The molecule has 4 nitrogen and oxygen atoms in total. The van der Waals surface area contributed by atoms with Crippen molar-refractivity contribution in [3.8, 4) is 0 Å². The van der Waals surface area contributed by atoms with Gasteiger partial charge in [0.25, 0.3) is 0 Å². The molecule has 2 amide bonds. The summed E-state index contributed by atoms with van der Waals surface area (Å²) in [7, 11) is 0. The summed E-state index contributed by atoms with van der Waals surface area (Å²) in [6.45, 7) is 2.25. The van der Waals surface area contributed by atoms with Gasteiger partial charge in [-0.2, -0.15) is 0 Å². The highest BCUT2D eigenvalue weighted by Gasteiger charge is 2.48. The first-order valence-corrected chi connectivity index (χ1v) is 7.35. The maximum Gasteiger partial charge on any atom is 0.245 e. The topological polar surface area (TPSA) is 49.4 Å². The predicted molar refractivity (Wildman–Crippen MR) is 76.1 cm³/mol. The summed E-state index contributed by atoms with van der Waals surface area (Å²) in [4.78, 5) is 26.0. The highest BCUT2D eigenvalue weighted by Crippen LogP contribution is 2.45. The number of hydrogen-bond acceptors (Lipinski definition) is 2. The number of carbonyl (C=O) groups is 2. The largest absolute Gasteiger partial charge is 0.343 e. The molecule has 1 aliphatic heterocycles. The maximum atomic E-state index is 12.4. The van der Waals surface area contributed by atoms with Crippen LogP contribution in [0.4, 0.5) is 0 Å². The van der Waals surface area contributed by atoms with E-state index in [-0.39, 0.29) is 30.4 Å². The van der Waals surface area contributed by atoms with E-state index in [1.807, 2.05) is 25.1 Å². The molecule has 1 aromatic rings. The van der Waals surface area contributed by atoms with Gasteiger partial charge in [-0.25, -0.2) is 0 Å². The van der Waals surface area contributed by atoms with E-state index in [4.69, 9.17) is 0 Å². The summed E-state index contributed by atoms with van der Waals surface area (Å²) in [6.07, 6.45) is 2.60. The van der Waals surface area contributed by atoms with Crippen LogP contribution < -0.4 is 5.32 Å². The molecule has 3 rings (SSSR count). The molecule has 1 saturated carbocycles. The number of nitrogens with zero attached hydrogens (tertiary/aromatic N) is 1. The Morgan fingerprint density at radius 1 is 1.25 bits per heavy atom. The van der Waals surface area contributed by atoms with Crippen LogP contribution in [-0.2, 0) is 9.59 Å². The van der Waals surface area contributed by atoms with Crippen LogP contribution in [-0.4, -0.2) is 35.3 Å². The lowest BCUT2D eigenvalue weighted by molar-refractivity contribution is -0.145. The van der Waals surface area contributed by atoms with Crippen LogP contribution in [0.2, 0.25) is 0 Å². The zero-order valence-corrected chi connectivity index (χ0v) is 11.7. The molecule has 1 aromatic carbocycles. The quantitative estimate of drug-likeness (QED) is 0.906. The molecule has 0 spiro atoms. The third-order valence-electron chi connectivity index (χ3n) is 4.19. The molecule has 3 unspecified atom stereocenters. The van der Waals surface area contributed by atoms with Crippen molar-refractivity contribution in [2.24, 2.45) is 0 Å². The van der Waals surface area contributed by atoms with Gasteiger partial charge in [-0.15, -0.1) is 0 Å². The molecule has 4 heteroatoms. The van der Waals surface area contributed by atoms with Crippen molar-refractivity contribution in [3.05, 3.63) is 35.9 Å². The number of piperazine rings is 1. The van der Waals surface area contributed by atoms with Crippen molar-refractivity contribution in [1.29, 1.82) is 0 Å². The number of amides is 2. The summed E-state index contributed by atoms with van der Waals surface area (Å²) in [6, 6.07) is 10.1. The summed E-state index contributed by atoms with van der Waals surface area (Å²) < 4.78 is 0. The maximum absolute atomic E-state index is 12.4. The van der Waals surface area contributed by atoms with Gasteiger partial charge in [0.05, 0.1) is 6.54 Å². The Morgan fingerprint density at radius 3 is 2.70 bits per heavy atom. The van der Waals surface area contributed by atoms with E-state index in [9.17, 15) is 9.59 Å². The number of benzene rings is 1. The second-order valence-electron chi connectivity index (χ2n) is 5.70. The van der Waals surface area contributed by atoms with E-state index in [0.29, 0.717) is 5.92 Å². The van der Waals surface area contributed by atoms with Gasteiger partial charge in [0, 0.05) is 12.0 Å². The van der Waals surface area contributed by atoms with Crippen molar-refractivity contribution in [2.75, 3.05) is 6.54 Å². The lowest BCUT2D eigenvalue weighted by Gasteiger charge is -2.33. The van der Waals surface area contributed by atoms with Crippen molar-refractivity contribution < 1.29 is 9.59 Å². The molecule has 2 aliphatic rings. The van der Waals surface area contributed by atoms with E-state index in [2.05, 4.69) is 17.4 Å². The number of nitrogens with one attached hydrogen (secondary N) is 1. The molecular formula is C16H20N2O2. The molecule has 1 heterocycles. The predicted octanol–water partition coefficient (Wildman–Crippen LogP) is 1.67. The molecule has 3 atom stereocenters. The Kier molecular flexibility index (Phi) is 3.47. The molecule has 20 heavy (non-hydrogen) atoms. The molecule has 1 N–H and O–H groups in total. The summed E-state index contributed by atoms with van der Waals surface area (Å²) in [5, 5.41) is 2.80. The Hall–Kier alpha value is -1.84. The van der Waals surface area contributed by atoms with Gasteiger partial charge in [0.15, 0.2) is 0 Å². The van der Waals surface area contributed by atoms with Crippen LogP contribution in [0.1, 0.15) is 37.7 Å². The van der Waals surface area contributed by atoms with Crippen LogP contribution in [0.25, 0.3) is 0 Å². The van der Waals surface area contributed by atoms with Crippen LogP contribution in [0.15, 0.2) is 30.3 Å². The minimum atomic E-state index is -0.321. The molecule has 1 aliphatic carbocycles. The molecule has 106 valence electrons. The average molecular weight is 272 g/mol. The van der Waals surface area contributed by atoms with E-state index in [1.54, 1.807) is 4.90 Å². The average Bonchev–Trinajstić information content (AvgIpc) is 3.24. The molecular weight excluding hydrogens is 252 g/mol. The van der Waals surface area contributed by atoms with E-state index < -0.39 is 0 Å². The fourth-order valence-electron chi connectivity index (χ4n) is 3.08. The van der Waals surface area contributed by atoms with Gasteiger partial charge in [0.1, 0.15) is 6.04 Å². The highest BCUT2D eigenvalue weighted by molar-refractivity contribution is 5.95. The fraction of sp³-hybridized carbons (Fsp3) is 0.500. The summed E-state index contributed by atoms with van der Waals surface area (Å²) >= 11 is 0. The van der Waals surface area contributed by atoms with Gasteiger partial charge in [-0.1, -0.05) is 43.7 Å². The zero-order valence-electron chi connectivity index (χ0n) is 11.7. The van der Waals surface area contributed by atoms with Crippen molar-refractivity contribution in [2.45, 2.75) is 44.2 Å². The van der Waals surface area contributed by atoms with Gasteiger partial charge in [-0.05, 0) is 18.4 Å². The van der Waals surface area contributed by atoms with E-state index in [1.165, 1.54) is 5.56 Å². The molecule has 2 fully saturated rings. The summed E-state index contributed by atoms with van der Waals surface area (Å²) in [5.41, 5.74) is 1.27. The van der Waals surface area contributed by atoms with Gasteiger partial charge < -0.3 is 10.2 Å². The molecule has 0 radical (unpaired) electrons. The monoisotopic (exact) mass is 272 g/mol. The van der Waals surface area contributed by atoms with Crippen LogP contribution in [0.3, 0.4) is 0 Å². The minimum absolute atomic E-state index is 0.0261. The van der Waals surface area contributed by atoms with Crippen molar-refractivity contribution >= 4 is 11.8 Å². The van der Waals surface area contributed by atoms with Crippen LogP contribution in [0, 0.1) is 0 Å². The first-order valence-electron chi connectivity index (χ1n) is 7.35. The third kappa shape index (κ3) is 2.42. The van der Waals surface area contributed by atoms with Crippen LogP contribution >= 0.6 is 0 Å². The van der Waals surface area contributed by atoms with Gasteiger partial charge in [-0.3, -0.25) is 9.59 Å². The Bertz CT molecular complexity index is 514. The van der Waals surface area contributed by atoms with Crippen LogP contribution in [0.5, 0.6) is 0 Å². The normalized spacial score (nSPS) is 29.2. The van der Waals surface area contributed by atoms with Crippen molar-refractivity contribution in [1.82, 2.24) is 10.2 Å². The standard InChI is InChI=1S/C16H20N2O2/c1-2-6-13-16(20)18(10-15(19)17-13)14-9-12(14)11-7-4-3-5-8-11/h3-5,7-8,12-14H,2,6,9-10H2,1H3,(H,17,19). The van der Waals surface area contributed by atoms with Crippen molar-refractivity contribution in [3.63, 3.8) is 0 Å². The molecule has 0 aromatic heterocycles. The van der Waals surface area contributed by atoms with Gasteiger partial charge in [0.2, 0.25) is 11.8 Å². The lowest BCUT2D eigenvalue weighted by Crippen LogP contribution is -2.58. The number of hydrogen-bond donors (Lipinski definition) is 1. The van der Waals surface area contributed by atoms with E-state index in [0.717, 1.165) is 19.3 Å². The smallest absolute Gasteiger partial charge is 0.245 e. The Labute approximate surface area is 119 Å². The Balaban J connectivity index is 1.71.